The van der Waals surface area contributed by atoms with Crippen LogP contribution in [-0.4, -0.2) is 11.1 Å². The quantitative estimate of drug-likeness (QED) is 0.551. The van der Waals surface area contributed by atoms with E-state index < -0.39 is 5.97 Å². The van der Waals surface area contributed by atoms with Crippen molar-refractivity contribution in [3.63, 3.8) is 0 Å². The van der Waals surface area contributed by atoms with Crippen LogP contribution in [0.15, 0.2) is 48.5 Å². The normalized spacial score (nSPS) is 11.1. The molecule has 25 heavy (non-hydrogen) atoms. The van der Waals surface area contributed by atoms with Gasteiger partial charge in [-0.15, -0.1) is 11.3 Å². The van der Waals surface area contributed by atoms with Crippen LogP contribution in [0.4, 0.5) is 4.39 Å². The molecular weight excluding hydrogens is 359 g/mol. The monoisotopic (exact) mass is 374 g/mol. The molecule has 0 unspecified atom stereocenters. The first-order valence-electron chi connectivity index (χ1n) is 7.80. The van der Waals surface area contributed by atoms with Gasteiger partial charge in [0.05, 0.1) is 5.56 Å². The summed E-state index contributed by atoms with van der Waals surface area (Å²) in [6, 6.07) is 13.2. The van der Waals surface area contributed by atoms with Gasteiger partial charge in [-0.25, -0.2) is 9.18 Å². The van der Waals surface area contributed by atoms with Crippen molar-refractivity contribution >= 4 is 28.9 Å². The Morgan fingerprint density at radius 3 is 2.12 bits per heavy atom. The fourth-order valence-electron chi connectivity index (χ4n) is 2.76. The van der Waals surface area contributed by atoms with E-state index in [0.717, 1.165) is 15.3 Å². The summed E-state index contributed by atoms with van der Waals surface area (Å²) in [6.45, 7) is 3.94. The molecule has 0 atom stereocenters. The molecule has 2 aromatic carbocycles. The third-order valence-electron chi connectivity index (χ3n) is 3.91. The van der Waals surface area contributed by atoms with Crippen molar-refractivity contribution in [2.24, 2.45) is 0 Å². The molecule has 0 saturated carbocycles. The van der Waals surface area contributed by atoms with Crippen LogP contribution in [0, 0.1) is 5.82 Å². The van der Waals surface area contributed by atoms with E-state index in [9.17, 15) is 14.3 Å². The van der Waals surface area contributed by atoms with E-state index in [1.165, 1.54) is 23.5 Å². The maximum Gasteiger partial charge on any atom is 0.337 e. The van der Waals surface area contributed by atoms with Crippen LogP contribution in [0.2, 0.25) is 5.02 Å². The third-order valence-corrected chi connectivity index (χ3v) is 5.70. The summed E-state index contributed by atoms with van der Waals surface area (Å²) < 4.78 is 13.3. The molecule has 2 nitrogen and oxygen atoms in total. The van der Waals surface area contributed by atoms with E-state index in [1.54, 1.807) is 24.3 Å². The lowest BCUT2D eigenvalue weighted by Gasteiger charge is -2.08. The van der Waals surface area contributed by atoms with Gasteiger partial charge < -0.3 is 5.11 Å². The Balaban J connectivity index is 2.33. The van der Waals surface area contributed by atoms with E-state index in [4.69, 9.17) is 11.6 Å². The second-order valence-corrected chi connectivity index (χ2v) is 7.51. The van der Waals surface area contributed by atoms with Gasteiger partial charge in [-0.3, -0.25) is 0 Å². The Hall–Kier alpha value is -2.17. The lowest BCUT2D eigenvalue weighted by Crippen LogP contribution is -2.02. The van der Waals surface area contributed by atoms with Crippen molar-refractivity contribution in [2.75, 3.05) is 0 Å². The van der Waals surface area contributed by atoms with Crippen LogP contribution >= 0.6 is 22.9 Å². The Kier molecular flexibility index (Phi) is 4.93. The minimum Gasteiger partial charge on any atom is -0.478 e. The highest BCUT2D eigenvalue weighted by Gasteiger charge is 2.26. The fraction of sp³-hybridized carbons (Fsp3) is 0.150. The zero-order valence-electron chi connectivity index (χ0n) is 13.7. The van der Waals surface area contributed by atoms with Gasteiger partial charge in [-0.2, -0.15) is 0 Å². The number of aromatic carboxylic acids is 1. The lowest BCUT2D eigenvalue weighted by atomic mass is 9.95. The molecule has 0 radical (unpaired) electrons. The number of benzene rings is 2. The smallest absolute Gasteiger partial charge is 0.337 e. The largest absolute Gasteiger partial charge is 0.478 e. The molecule has 0 aliphatic heterocycles. The van der Waals surface area contributed by atoms with Gasteiger partial charge in [0.25, 0.3) is 0 Å². The number of hydrogen-bond donors (Lipinski definition) is 1. The highest BCUT2D eigenvalue weighted by molar-refractivity contribution is 7.16. The molecule has 0 saturated heterocycles. The standard InChI is InChI=1S/C20H16ClFO2S/c1-11(2)18-17(20(23)24)16(12-5-9-15(22)10-6-12)19(25-18)13-3-7-14(21)8-4-13/h3-11H,1-2H3,(H,23,24). The fourth-order valence-corrected chi connectivity index (χ4v) is 4.21. The van der Waals surface area contributed by atoms with Gasteiger partial charge in [-0.05, 0) is 41.3 Å². The van der Waals surface area contributed by atoms with Crippen molar-refractivity contribution in [1.29, 1.82) is 0 Å². The summed E-state index contributed by atoms with van der Waals surface area (Å²) in [5.41, 5.74) is 2.50. The molecule has 0 aliphatic carbocycles. The third kappa shape index (κ3) is 3.46. The minimum absolute atomic E-state index is 0.0661. The maximum atomic E-state index is 13.3. The van der Waals surface area contributed by atoms with Crippen LogP contribution in [-0.2, 0) is 0 Å². The van der Waals surface area contributed by atoms with E-state index in [2.05, 4.69) is 0 Å². The van der Waals surface area contributed by atoms with Crippen molar-refractivity contribution < 1.29 is 14.3 Å². The Morgan fingerprint density at radius 2 is 1.60 bits per heavy atom. The van der Waals surface area contributed by atoms with Crippen molar-refractivity contribution in [1.82, 2.24) is 0 Å². The van der Waals surface area contributed by atoms with Gasteiger partial charge in [0.2, 0.25) is 0 Å². The molecule has 0 amide bonds. The van der Waals surface area contributed by atoms with E-state index in [1.807, 2.05) is 26.0 Å². The molecule has 3 aromatic rings. The summed E-state index contributed by atoms with van der Waals surface area (Å²) in [5, 5.41) is 10.4. The Morgan fingerprint density at radius 1 is 1.04 bits per heavy atom. The molecule has 5 heteroatoms. The molecule has 0 bridgehead atoms. The molecule has 3 rings (SSSR count). The summed E-state index contributed by atoms with van der Waals surface area (Å²) >= 11 is 7.44. The average Bonchev–Trinajstić information content (AvgIpc) is 2.97. The maximum absolute atomic E-state index is 13.3. The molecule has 1 aromatic heterocycles. The molecule has 1 heterocycles. The Labute approximate surface area is 154 Å². The highest BCUT2D eigenvalue weighted by atomic mass is 35.5. The summed E-state index contributed by atoms with van der Waals surface area (Å²) in [6.07, 6.45) is 0. The van der Waals surface area contributed by atoms with Crippen LogP contribution in [0.1, 0.15) is 35.0 Å². The van der Waals surface area contributed by atoms with Crippen molar-refractivity contribution in [3.8, 4) is 21.6 Å². The zero-order chi connectivity index (χ0) is 18.1. The molecule has 0 aliphatic rings. The molecule has 0 spiro atoms. The number of carboxylic acids is 1. The number of carboxylic acid groups (broad SMARTS) is 1. The SMILES string of the molecule is CC(C)c1sc(-c2ccc(Cl)cc2)c(-c2ccc(F)cc2)c1C(=O)O. The predicted octanol–water partition coefficient (Wildman–Crippen LogP) is 6.70. The number of carbonyl (C=O) groups is 1. The van der Waals surface area contributed by atoms with Gasteiger partial charge in [0.1, 0.15) is 5.82 Å². The number of rotatable bonds is 4. The molecule has 1 N–H and O–H groups in total. The van der Waals surface area contributed by atoms with Crippen LogP contribution < -0.4 is 0 Å². The minimum atomic E-state index is -0.973. The van der Waals surface area contributed by atoms with Crippen LogP contribution in [0.25, 0.3) is 21.6 Å². The van der Waals surface area contributed by atoms with E-state index in [-0.39, 0.29) is 17.3 Å². The van der Waals surface area contributed by atoms with Crippen molar-refractivity contribution in [3.05, 3.63) is 69.8 Å². The van der Waals surface area contributed by atoms with Gasteiger partial charge in [0.15, 0.2) is 0 Å². The average molecular weight is 375 g/mol. The first kappa shape index (κ1) is 17.6. The number of thiophene rings is 1. The topological polar surface area (TPSA) is 37.3 Å². The summed E-state index contributed by atoms with van der Waals surface area (Å²) in [4.78, 5) is 13.7. The van der Waals surface area contributed by atoms with Crippen LogP contribution in [0.3, 0.4) is 0 Å². The highest BCUT2D eigenvalue weighted by Crippen LogP contribution is 2.45. The first-order chi connectivity index (χ1) is 11.9. The summed E-state index contributed by atoms with van der Waals surface area (Å²) in [7, 11) is 0. The van der Waals surface area contributed by atoms with Gasteiger partial charge in [-0.1, -0.05) is 49.7 Å². The molecule has 0 fully saturated rings. The first-order valence-corrected chi connectivity index (χ1v) is 8.99. The zero-order valence-corrected chi connectivity index (χ0v) is 15.3. The lowest BCUT2D eigenvalue weighted by molar-refractivity contribution is 0.0697. The van der Waals surface area contributed by atoms with E-state index >= 15 is 0 Å². The van der Waals surface area contributed by atoms with Crippen molar-refractivity contribution in [2.45, 2.75) is 19.8 Å². The Bertz CT molecular complexity index is 912. The predicted molar refractivity (Wildman–Crippen MR) is 101 cm³/mol. The van der Waals surface area contributed by atoms with E-state index in [0.29, 0.717) is 16.1 Å². The second kappa shape index (κ2) is 6.98. The number of hydrogen-bond acceptors (Lipinski definition) is 2. The van der Waals surface area contributed by atoms with Gasteiger partial charge in [0, 0.05) is 20.3 Å². The second-order valence-electron chi connectivity index (χ2n) is 6.02. The summed E-state index contributed by atoms with van der Waals surface area (Å²) in [5.74, 6) is -1.26. The number of halogens is 2. The van der Waals surface area contributed by atoms with Crippen LogP contribution in [0.5, 0.6) is 0 Å². The van der Waals surface area contributed by atoms with Gasteiger partial charge >= 0.3 is 5.97 Å². The molecular formula is C20H16ClFO2S. The molecule has 128 valence electrons.